The lowest BCUT2D eigenvalue weighted by molar-refractivity contribution is -0.0586. The number of nitrogens with zero attached hydrogens (tertiary/aromatic N) is 1. The Hall–Kier alpha value is -3.35. The van der Waals surface area contributed by atoms with Crippen molar-refractivity contribution in [2.45, 2.75) is 19.8 Å². The third-order valence-corrected chi connectivity index (χ3v) is 4.10. The molecule has 0 saturated heterocycles. The SMILES string of the molecule is CCCCOc1cc(OC)ccc1C(=O)ON1C(=O)c2ccccc2C1=O. The molecule has 1 aliphatic heterocycles. The van der Waals surface area contributed by atoms with Gasteiger partial charge in [0.1, 0.15) is 17.1 Å². The van der Waals surface area contributed by atoms with Crippen LogP contribution in [0.2, 0.25) is 0 Å². The lowest BCUT2D eigenvalue weighted by Gasteiger charge is -2.15. The molecule has 7 heteroatoms. The Bertz CT molecular complexity index is 857. The Labute approximate surface area is 156 Å². The van der Waals surface area contributed by atoms with Gasteiger partial charge in [-0.2, -0.15) is 0 Å². The predicted octanol–water partition coefficient (Wildman–Crippen LogP) is 3.24. The molecule has 7 nitrogen and oxygen atoms in total. The van der Waals surface area contributed by atoms with Crippen LogP contribution in [0.4, 0.5) is 0 Å². The molecule has 0 unspecified atom stereocenters. The molecule has 0 fully saturated rings. The summed E-state index contributed by atoms with van der Waals surface area (Å²) in [6, 6.07) is 10.9. The van der Waals surface area contributed by atoms with Crippen molar-refractivity contribution in [3.8, 4) is 11.5 Å². The Morgan fingerprint density at radius 2 is 1.70 bits per heavy atom. The second-order valence-corrected chi connectivity index (χ2v) is 5.89. The minimum atomic E-state index is -0.862. The monoisotopic (exact) mass is 369 g/mol. The third kappa shape index (κ3) is 3.62. The quantitative estimate of drug-likeness (QED) is 0.550. The fraction of sp³-hybridized carbons (Fsp3) is 0.250. The summed E-state index contributed by atoms with van der Waals surface area (Å²) in [4.78, 5) is 42.4. The highest BCUT2D eigenvalue weighted by molar-refractivity contribution is 6.21. The zero-order chi connectivity index (χ0) is 19.4. The number of hydrogen-bond acceptors (Lipinski definition) is 6. The summed E-state index contributed by atoms with van der Waals surface area (Å²) in [6.45, 7) is 2.43. The van der Waals surface area contributed by atoms with Crippen LogP contribution in [0, 0.1) is 0 Å². The van der Waals surface area contributed by atoms with Crippen molar-refractivity contribution in [1.82, 2.24) is 5.06 Å². The van der Waals surface area contributed by atoms with Crippen molar-refractivity contribution in [3.63, 3.8) is 0 Å². The van der Waals surface area contributed by atoms with Crippen LogP contribution in [0.1, 0.15) is 50.8 Å². The summed E-state index contributed by atoms with van der Waals surface area (Å²) in [7, 11) is 1.50. The highest BCUT2D eigenvalue weighted by Gasteiger charge is 2.39. The lowest BCUT2D eigenvalue weighted by atomic mass is 10.1. The zero-order valence-corrected chi connectivity index (χ0v) is 15.1. The molecule has 3 rings (SSSR count). The van der Waals surface area contributed by atoms with Crippen molar-refractivity contribution < 1.29 is 28.7 Å². The van der Waals surface area contributed by atoms with Gasteiger partial charge in [0.25, 0.3) is 11.8 Å². The van der Waals surface area contributed by atoms with E-state index in [2.05, 4.69) is 0 Å². The maximum absolute atomic E-state index is 12.6. The van der Waals surface area contributed by atoms with E-state index in [1.54, 1.807) is 24.3 Å². The molecule has 0 aliphatic carbocycles. The third-order valence-electron chi connectivity index (χ3n) is 4.10. The highest BCUT2D eigenvalue weighted by atomic mass is 16.7. The standard InChI is InChI=1S/C20H19NO6/c1-3-4-11-26-17-12-13(25-2)9-10-16(17)20(24)27-21-18(22)14-7-5-6-8-15(14)19(21)23/h5-10,12H,3-4,11H2,1-2H3. The number of amides is 2. The van der Waals surface area contributed by atoms with E-state index < -0.39 is 17.8 Å². The van der Waals surface area contributed by atoms with Gasteiger partial charge >= 0.3 is 5.97 Å². The van der Waals surface area contributed by atoms with E-state index in [4.69, 9.17) is 14.3 Å². The number of hydroxylamine groups is 2. The topological polar surface area (TPSA) is 82.1 Å². The first-order valence-electron chi connectivity index (χ1n) is 8.57. The van der Waals surface area contributed by atoms with Gasteiger partial charge in [-0.25, -0.2) is 4.79 Å². The molecule has 140 valence electrons. The first kappa shape index (κ1) is 18.4. The molecule has 2 aromatic carbocycles. The summed E-state index contributed by atoms with van der Waals surface area (Å²) in [5, 5.41) is 0.479. The summed E-state index contributed by atoms with van der Waals surface area (Å²) in [6.07, 6.45) is 1.74. The van der Waals surface area contributed by atoms with Crippen molar-refractivity contribution >= 4 is 17.8 Å². The van der Waals surface area contributed by atoms with Crippen LogP contribution in [0.3, 0.4) is 0 Å². The summed E-state index contributed by atoms with van der Waals surface area (Å²) < 4.78 is 10.8. The molecule has 0 bridgehead atoms. The van der Waals surface area contributed by atoms with Gasteiger partial charge < -0.3 is 14.3 Å². The number of rotatable bonds is 7. The predicted molar refractivity (Wildman–Crippen MR) is 95.8 cm³/mol. The lowest BCUT2D eigenvalue weighted by Crippen LogP contribution is -2.32. The number of carbonyl (C=O) groups is 3. The fourth-order valence-corrected chi connectivity index (χ4v) is 2.63. The molecule has 0 spiro atoms. The minimum absolute atomic E-state index is 0.100. The van der Waals surface area contributed by atoms with Crippen molar-refractivity contribution in [2.24, 2.45) is 0 Å². The van der Waals surface area contributed by atoms with Gasteiger partial charge in [-0.1, -0.05) is 30.5 Å². The normalized spacial score (nSPS) is 12.7. The first-order valence-corrected chi connectivity index (χ1v) is 8.57. The molecule has 0 radical (unpaired) electrons. The first-order chi connectivity index (χ1) is 13.1. The van der Waals surface area contributed by atoms with Gasteiger partial charge in [0, 0.05) is 6.07 Å². The van der Waals surface area contributed by atoms with Crippen LogP contribution in [-0.4, -0.2) is 36.6 Å². The fourth-order valence-electron chi connectivity index (χ4n) is 2.63. The summed E-state index contributed by atoms with van der Waals surface area (Å²) >= 11 is 0. The van der Waals surface area contributed by atoms with E-state index in [1.807, 2.05) is 6.92 Å². The molecule has 27 heavy (non-hydrogen) atoms. The van der Waals surface area contributed by atoms with Gasteiger partial charge in [0.2, 0.25) is 0 Å². The van der Waals surface area contributed by atoms with Gasteiger partial charge in [-0.05, 0) is 30.7 Å². The molecular weight excluding hydrogens is 350 g/mol. The van der Waals surface area contributed by atoms with Crippen LogP contribution >= 0.6 is 0 Å². The largest absolute Gasteiger partial charge is 0.497 e. The number of carbonyl (C=O) groups excluding carboxylic acids is 3. The molecule has 0 N–H and O–H groups in total. The van der Waals surface area contributed by atoms with Gasteiger partial charge in [-0.3, -0.25) is 9.59 Å². The maximum Gasteiger partial charge on any atom is 0.367 e. The van der Waals surface area contributed by atoms with Gasteiger partial charge in [-0.15, -0.1) is 0 Å². The van der Waals surface area contributed by atoms with E-state index in [-0.39, 0.29) is 22.4 Å². The summed E-state index contributed by atoms with van der Waals surface area (Å²) in [5.41, 5.74) is 0.498. The average Bonchev–Trinajstić information content (AvgIpc) is 2.93. The van der Waals surface area contributed by atoms with Crippen LogP contribution in [-0.2, 0) is 4.84 Å². The van der Waals surface area contributed by atoms with Crippen molar-refractivity contribution in [1.29, 1.82) is 0 Å². The van der Waals surface area contributed by atoms with Crippen molar-refractivity contribution in [3.05, 3.63) is 59.2 Å². The minimum Gasteiger partial charge on any atom is -0.497 e. The molecule has 0 saturated carbocycles. The molecule has 1 aliphatic rings. The van der Waals surface area contributed by atoms with Gasteiger partial charge in [0.05, 0.1) is 24.8 Å². The van der Waals surface area contributed by atoms with E-state index in [9.17, 15) is 14.4 Å². The molecule has 2 aromatic rings. The Morgan fingerprint density at radius 1 is 1.04 bits per heavy atom. The number of methoxy groups -OCH3 is 1. The Balaban J connectivity index is 1.82. The van der Waals surface area contributed by atoms with E-state index in [0.29, 0.717) is 17.4 Å². The molecule has 0 atom stereocenters. The molecule has 2 amide bonds. The Morgan fingerprint density at radius 3 is 2.30 bits per heavy atom. The molecule has 1 heterocycles. The smallest absolute Gasteiger partial charge is 0.367 e. The summed E-state index contributed by atoms with van der Waals surface area (Å²) in [5.74, 6) is -1.43. The average molecular weight is 369 g/mol. The van der Waals surface area contributed by atoms with E-state index >= 15 is 0 Å². The number of benzene rings is 2. The van der Waals surface area contributed by atoms with Crippen molar-refractivity contribution in [2.75, 3.05) is 13.7 Å². The Kier molecular flexibility index (Phi) is 5.40. The molecular formula is C20H19NO6. The van der Waals surface area contributed by atoms with Crippen LogP contribution in [0.25, 0.3) is 0 Å². The highest BCUT2D eigenvalue weighted by Crippen LogP contribution is 2.28. The van der Waals surface area contributed by atoms with E-state index in [0.717, 1.165) is 12.8 Å². The number of unbranched alkanes of at least 4 members (excludes halogenated alkanes) is 1. The number of fused-ring (bicyclic) bond motifs is 1. The maximum atomic E-state index is 12.6. The van der Waals surface area contributed by atoms with E-state index in [1.165, 1.54) is 25.3 Å². The second-order valence-electron chi connectivity index (χ2n) is 5.89. The zero-order valence-electron chi connectivity index (χ0n) is 15.1. The number of ether oxygens (including phenoxy) is 2. The number of hydrogen-bond donors (Lipinski definition) is 0. The second kappa shape index (κ2) is 7.90. The van der Waals surface area contributed by atoms with Crippen LogP contribution in [0.5, 0.6) is 11.5 Å². The number of imide groups is 1. The molecule has 0 aromatic heterocycles. The van der Waals surface area contributed by atoms with Crippen LogP contribution in [0.15, 0.2) is 42.5 Å². The van der Waals surface area contributed by atoms with Crippen LogP contribution < -0.4 is 9.47 Å². The van der Waals surface area contributed by atoms with Gasteiger partial charge in [0.15, 0.2) is 0 Å².